The van der Waals surface area contributed by atoms with Crippen LogP contribution in [0, 0.1) is 10.1 Å². The van der Waals surface area contributed by atoms with Crippen LogP contribution >= 0.6 is 0 Å². The summed E-state index contributed by atoms with van der Waals surface area (Å²) in [5.41, 5.74) is 1.78. The Kier molecular flexibility index (Phi) is 5.06. The maximum atomic E-state index is 12.5. The average Bonchev–Trinajstić information content (AvgIpc) is 2.62. The van der Waals surface area contributed by atoms with Gasteiger partial charge < -0.3 is 14.8 Å². The molecule has 0 bridgehead atoms. The zero-order valence-corrected chi connectivity index (χ0v) is 14.7. The molecule has 0 aliphatic carbocycles. The second-order valence-electron chi connectivity index (χ2n) is 5.85. The number of anilines is 1. The number of ether oxygens (including phenoxy) is 2. The molecule has 1 unspecified atom stereocenters. The number of ketones is 1. The number of Topliss-reactive ketones (excluding diaryl/α,β-unsaturated/α-hetero) is 1. The summed E-state index contributed by atoms with van der Waals surface area (Å²) < 4.78 is 11.1. The van der Waals surface area contributed by atoms with Gasteiger partial charge in [-0.1, -0.05) is 12.1 Å². The first-order chi connectivity index (χ1) is 12.5. The number of nitro groups is 1. The second-order valence-corrected chi connectivity index (χ2v) is 5.85. The molecule has 26 heavy (non-hydrogen) atoms. The van der Waals surface area contributed by atoms with Gasteiger partial charge in [0, 0.05) is 35.4 Å². The van der Waals surface area contributed by atoms with Gasteiger partial charge in [0.1, 0.15) is 5.75 Å². The van der Waals surface area contributed by atoms with Crippen molar-refractivity contribution in [3.05, 3.63) is 57.6 Å². The van der Waals surface area contributed by atoms with Gasteiger partial charge in [-0.2, -0.15) is 0 Å². The number of rotatable bonds is 6. The molecular formula is C19H20N2O5. The van der Waals surface area contributed by atoms with E-state index in [1.165, 1.54) is 12.1 Å². The highest BCUT2D eigenvalue weighted by Crippen LogP contribution is 2.42. The monoisotopic (exact) mass is 356 g/mol. The molecule has 2 aromatic carbocycles. The minimum Gasteiger partial charge on any atom is -0.493 e. The lowest BCUT2D eigenvalue weighted by molar-refractivity contribution is -0.385. The van der Waals surface area contributed by atoms with E-state index in [4.69, 9.17) is 9.47 Å². The predicted octanol–water partition coefficient (Wildman–Crippen LogP) is 4.13. The van der Waals surface area contributed by atoms with E-state index in [1.54, 1.807) is 13.0 Å². The van der Waals surface area contributed by atoms with Crippen molar-refractivity contribution in [2.45, 2.75) is 26.3 Å². The first kappa shape index (κ1) is 17.7. The van der Waals surface area contributed by atoms with E-state index in [0.717, 1.165) is 0 Å². The van der Waals surface area contributed by atoms with Crippen LogP contribution in [-0.2, 0) is 0 Å². The maximum Gasteiger partial charge on any atom is 0.311 e. The van der Waals surface area contributed by atoms with Crippen molar-refractivity contribution in [3.63, 3.8) is 0 Å². The molecule has 3 rings (SSSR count). The van der Waals surface area contributed by atoms with Crippen LogP contribution in [0.2, 0.25) is 0 Å². The summed E-state index contributed by atoms with van der Waals surface area (Å²) in [7, 11) is 0. The van der Waals surface area contributed by atoms with Gasteiger partial charge in [-0.15, -0.1) is 0 Å². The molecule has 0 fully saturated rings. The Morgan fingerprint density at radius 2 is 1.85 bits per heavy atom. The molecule has 7 heteroatoms. The SMILES string of the molecule is CCOc1cc(OCC)c([N+](=O)[O-])cc1C1CC(=O)c2ccccc2N1. The number of hydrogen-bond donors (Lipinski definition) is 1. The highest BCUT2D eigenvalue weighted by molar-refractivity contribution is 6.03. The van der Waals surface area contributed by atoms with E-state index < -0.39 is 11.0 Å². The van der Waals surface area contributed by atoms with Gasteiger partial charge >= 0.3 is 5.69 Å². The van der Waals surface area contributed by atoms with E-state index in [2.05, 4.69) is 5.32 Å². The van der Waals surface area contributed by atoms with Crippen molar-refractivity contribution in [3.8, 4) is 11.5 Å². The Balaban J connectivity index is 2.07. The van der Waals surface area contributed by atoms with Crippen molar-refractivity contribution in [2.75, 3.05) is 18.5 Å². The molecule has 1 N–H and O–H groups in total. The zero-order chi connectivity index (χ0) is 18.7. The lowest BCUT2D eigenvalue weighted by Gasteiger charge is -2.27. The van der Waals surface area contributed by atoms with Crippen molar-refractivity contribution in [1.29, 1.82) is 0 Å². The number of benzene rings is 2. The molecule has 0 spiro atoms. The molecule has 0 aromatic heterocycles. The molecule has 0 radical (unpaired) electrons. The van der Waals surface area contributed by atoms with E-state index in [1.807, 2.05) is 25.1 Å². The molecule has 0 saturated heterocycles. The third-order valence-corrected chi connectivity index (χ3v) is 4.21. The van der Waals surface area contributed by atoms with E-state index in [9.17, 15) is 14.9 Å². The molecule has 1 heterocycles. The fourth-order valence-corrected chi connectivity index (χ4v) is 3.11. The molecule has 136 valence electrons. The van der Waals surface area contributed by atoms with Gasteiger partial charge in [-0.05, 0) is 26.0 Å². The molecule has 1 atom stereocenters. The molecule has 1 aliphatic heterocycles. The van der Waals surface area contributed by atoms with Gasteiger partial charge in [0.15, 0.2) is 5.78 Å². The Bertz CT molecular complexity index is 850. The highest BCUT2D eigenvalue weighted by Gasteiger charge is 2.30. The van der Waals surface area contributed by atoms with Crippen molar-refractivity contribution in [2.24, 2.45) is 0 Å². The summed E-state index contributed by atoms with van der Waals surface area (Å²) in [5.74, 6) is 0.627. The molecule has 2 aromatic rings. The van der Waals surface area contributed by atoms with Gasteiger partial charge in [0.2, 0.25) is 5.75 Å². The van der Waals surface area contributed by atoms with Crippen molar-refractivity contribution in [1.82, 2.24) is 0 Å². The first-order valence-corrected chi connectivity index (χ1v) is 8.51. The van der Waals surface area contributed by atoms with Crippen LogP contribution in [0.25, 0.3) is 0 Å². The number of hydrogen-bond acceptors (Lipinski definition) is 6. The Morgan fingerprint density at radius 1 is 1.15 bits per heavy atom. The molecular weight excluding hydrogens is 336 g/mol. The minimum absolute atomic E-state index is 0.0108. The topological polar surface area (TPSA) is 90.7 Å². The van der Waals surface area contributed by atoms with Crippen LogP contribution in [-0.4, -0.2) is 23.9 Å². The molecule has 1 aliphatic rings. The third-order valence-electron chi connectivity index (χ3n) is 4.21. The van der Waals surface area contributed by atoms with Crippen LogP contribution in [0.3, 0.4) is 0 Å². The minimum atomic E-state index is -0.483. The summed E-state index contributed by atoms with van der Waals surface area (Å²) in [6.45, 7) is 4.30. The number of carbonyl (C=O) groups is 1. The lowest BCUT2D eigenvalue weighted by Crippen LogP contribution is -2.23. The van der Waals surface area contributed by atoms with Gasteiger partial charge in [-0.25, -0.2) is 0 Å². The molecule has 7 nitrogen and oxygen atoms in total. The van der Waals surface area contributed by atoms with Crippen LogP contribution in [0.4, 0.5) is 11.4 Å². The number of para-hydroxylation sites is 1. The number of nitrogens with one attached hydrogen (secondary N) is 1. The van der Waals surface area contributed by atoms with Crippen molar-refractivity contribution >= 4 is 17.2 Å². The Hall–Kier alpha value is -3.09. The average molecular weight is 356 g/mol. The number of nitro benzene ring substituents is 1. The number of carbonyl (C=O) groups excluding carboxylic acids is 1. The van der Waals surface area contributed by atoms with E-state index in [-0.39, 0.29) is 23.6 Å². The first-order valence-electron chi connectivity index (χ1n) is 8.51. The Morgan fingerprint density at radius 3 is 2.54 bits per heavy atom. The fourth-order valence-electron chi connectivity index (χ4n) is 3.11. The van der Waals surface area contributed by atoms with Gasteiger partial charge in [0.05, 0.1) is 24.2 Å². The summed E-state index contributed by atoms with van der Waals surface area (Å²) in [5, 5.41) is 14.8. The summed E-state index contributed by atoms with van der Waals surface area (Å²) in [4.78, 5) is 23.5. The lowest BCUT2D eigenvalue weighted by atomic mass is 9.91. The molecule has 0 saturated carbocycles. The summed E-state index contributed by atoms with van der Waals surface area (Å²) in [6.07, 6.45) is 0.197. The largest absolute Gasteiger partial charge is 0.493 e. The quantitative estimate of drug-likeness (QED) is 0.618. The zero-order valence-electron chi connectivity index (χ0n) is 14.7. The van der Waals surface area contributed by atoms with Crippen molar-refractivity contribution < 1.29 is 19.2 Å². The van der Waals surface area contributed by atoms with Gasteiger partial charge in [-0.3, -0.25) is 14.9 Å². The Labute approximate surface area is 151 Å². The highest BCUT2D eigenvalue weighted by atomic mass is 16.6. The summed E-state index contributed by atoms with van der Waals surface area (Å²) in [6, 6.07) is 9.81. The van der Waals surface area contributed by atoms with E-state index >= 15 is 0 Å². The molecule has 0 amide bonds. The van der Waals surface area contributed by atoms with Crippen LogP contribution in [0.1, 0.15) is 42.2 Å². The fraction of sp³-hybridized carbons (Fsp3) is 0.316. The standard InChI is InChI=1S/C19H20N2O5/c1-3-25-18-11-19(26-4-2)16(21(23)24)9-13(18)15-10-17(22)12-7-5-6-8-14(12)20-15/h5-9,11,15,20H,3-4,10H2,1-2H3. The predicted molar refractivity (Wildman–Crippen MR) is 97.2 cm³/mol. The smallest absolute Gasteiger partial charge is 0.311 e. The second kappa shape index (κ2) is 7.43. The number of fused-ring (bicyclic) bond motifs is 1. The van der Waals surface area contributed by atoms with Crippen LogP contribution < -0.4 is 14.8 Å². The van der Waals surface area contributed by atoms with Crippen LogP contribution in [0.5, 0.6) is 11.5 Å². The normalized spacial score (nSPS) is 15.8. The summed E-state index contributed by atoms with van der Waals surface area (Å²) >= 11 is 0. The number of nitrogens with zero attached hydrogens (tertiary/aromatic N) is 1. The maximum absolute atomic E-state index is 12.5. The third kappa shape index (κ3) is 3.33. The van der Waals surface area contributed by atoms with Gasteiger partial charge in [0.25, 0.3) is 0 Å². The van der Waals surface area contributed by atoms with Crippen LogP contribution in [0.15, 0.2) is 36.4 Å². The van der Waals surface area contributed by atoms with E-state index in [0.29, 0.717) is 35.8 Å².